The first-order valence-corrected chi connectivity index (χ1v) is 13.6. The molecule has 210 valence electrons. The van der Waals surface area contributed by atoms with E-state index in [9.17, 15) is 19.8 Å². The number of ketones is 1. The van der Waals surface area contributed by atoms with Crippen molar-refractivity contribution in [2.24, 2.45) is 0 Å². The normalized spacial score (nSPS) is 16.9. The van der Waals surface area contributed by atoms with Crippen LogP contribution >= 0.6 is 11.6 Å². The lowest BCUT2D eigenvalue weighted by Crippen LogP contribution is -2.30. The molecule has 0 aliphatic carbocycles. The molecule has 0 spiro atoms. The fourth-order valence-corrected chi connectivity index (χ4v) is 5.18. The van der Waals surface area contributed by atoms with Gasteiger partial charge in [-0.05, 0) is 85.8 Å². The van der Waals surface area contributed by atoms with Gasteiger partial charge in [0.2, 0.25) is 0 Å². The number of Topliss-reactive ketones (excluding diaryl/α,β-unsaturated/α-hetero) is 1. The smallest absolute Gasteiger partial charge is 0.300 e. The highest BCUT2D eigenvalue weighted by molar-refractivity contribution is 6.51. The van der Waals surface area contributed by atoms with Crippen LogP contribution in [0.25, 0.3) is 5.76 Å². The van der Waals surface area contributed by atoms with Crippen LogP contribution in [0, 0.1) is 6.92 Å². The molecule has 2 N–H and O–H groups in total. The van der Waals surface area contributed by atoms with Gasteiger partial charge in [0, 0.05) is 21.8 Å². The summed E-state index contributed by atoms with van der Waals surface area (Å²) < 4.78 is 11.4. The zero-order valence-corrected chi connectivity index (χ0v) is 24.3. The van der Waals surface area contributed by atoms with Crippen LogP contribution in [0.1, 0.15) is 62.9 Å². The number of phenols is 1. The number of benzene rings is 3. The molecule has 1 saturated heterocycles. The number of aliphatic hydroxyl groups is 1. The third-order valence-electron chi connectivity index (χ3n) is 6.82. The van der Waals surface area contributed by atoms with Gasteiger partial charge in [0.15, 0.2) is 11.5 Å². The number of aromatic hydroxyl groups is 1. The first kappa shape index (κ1) is 29.0. The molecule has 1 unspecified atom stereocenters. The predicted molar refractivity (Wildman–Crippen MR) is 157 cm³/mol. The fraction of sp³-hybridized carbons (Fsp3) is 0.312. The number of carbonyl (C=O) groups excluding carboxylic acids is 2. The lowest BCUT2D eigenvalue weighted by Gasteiger charge is -2.27. The summed E-state index contributed by atoms with van der Waals surface area (Å²) in [4.78, 5) is 28.6. The maximum Gasteiger partial charge on any atom is 0.300 e. The van der Waals surface area contributed by atoms with E-state index in [-0.39, 0.29) is 28.2 Å². The number of rotatable bonds is 7. The highest BCUT2D eigenvalue weighted by atomic mass is 35.5. The van der Waals surface area contributed by atoms with E-state index in [4.69, 9.17) is 21.1 Å². The second-order valence-corrected chi connectivity index (χ2v) is 11.1. The van der Waals surface area contributed by atoms with Crippen molar-refractivity contribution in [2.45, 2.75) is 53.0 Å². The molecular formula is C32H34ClNO6. The van der Waals surface area contributed by atoms with E-state index in [0.29, 0.717) is 46.4 Å². The minimum Gasteiger partial charge on any atom is -0.507 e. The topological polar surface area (TPSA) is 96.3 Å². The molecule has 40 heavy (non-hydrogen) atoms. The highest BCUT2D eigenvalue weighted by Crippen LogP contribution is 2.45. The minimum absolute atomic E-state index is 0.0727. The number of ether oxygens (including phenoxy) is 2. The second kappa shape index (κ2) is 11.3. The van der Waals surface area contributed by atoms with Crippen LogP contribution < -0.4 is 14.4 Å². The maximum atomic E-state index is 13.7. The van der Waals surface area contributed by atoms with Crippen molar-refractivity contribution in [3.63, 3.8) is 0 Å². The van der Waals surface area contributed by atoms with Crippen molar-refractivity contribution >= 4 is 34.7 Å². The third-order valence-corrected chi connectivity index (χ3v) is 7.06. The van der Waals surface area contributed by atoms with E-state index in [2.05, 4.69) is 0 Å². The number of anilines is 1. The van der Waals surface area contributed by atoms with Gasteiger partial charge in [0.1, 0.15) is 11.5 Å². The number of phenolic OH excluding ortho intramolecular Hbond substituents is 1. The van der Waals surface area contributed by atoms with Crippen LogP contribution in [0.2, 0.25) is 5.02 Å². The van der Waals surface area contributed by atoms with Crippen molar-refractivity contribution in [1.82, 2.24) is 0 Å². The minimum atomic E-state index is -0.996. The summed E-state index contributed by atoms with van der Waals surface area (Å²) in [6.45, 7) is 12.3. The zero-order valence-electron chi connectivity index (χ0n) is 23.5. The molecule has 3 aromatic carbocycles. The van der Waals surface area contributed by atoms with E-state index in [1.165, 1.54) is 11.0 Å². The van der Waals surface area contributed by atoms with Gasteiger partial charge in [-0.2, -0.15) is 0 Å². The Bertz CT molecular complexity index is 1500. The monoisotopic (exact) mass is 563 g/mol. The summed E-state index contributed by atoms with van der Waals surface area (Å²) >= 11 is 6.19. The molecule has 3 aromatic rings. The molecular weight excluding hydrogens is 530 g/mol. The Hall–Kier alpha value is -3.97. The van der Waals surface area contributed by atoms with E-state index in [1.807, 2.05) is 27.7 Å². The molecule has 0 saturated carbocycles. The number of aryl methyl sites for hydroxylation is 1. The molecule has 1 fully saturated rings. The Morgan fingerprint density at radius 1 is 0.950 bits per heavy atom. The summed E-state index contributed by atoms with van der Waals surface area (Å²) in [7, 11) is 0. The molecule has 1 amide bonds. The molecule has 0 aromatic heterocycles. The van der Waals surface area contributed by atoms with E-state index >= 15 is 0 Å². The first-order valence-electron chi connectivity index (χ1n) is 13.2. The number of nitrogens with zero attached hydrogens (tertiary/aromatic N) is 1. The maximum absolute atomic E-state index is 13.7. The summed E-state index contributed by atoms with van der Waals surface area (Å²) in [5.41, 5.74) is 2.47. The average Bonchev–Trinajstić information content (AvgIpc) is 3.15. The van der Waals surface area contributed by atoms with Gasteiger partial charge in [-0.1, -0.05) is 38.4 Å². The Morgan fingerprint density at radius 3 is 2.25 bits per heavy atom. The van der Waals surface area contributed by atoms with Crippen LogP contribution in [-0.2, 0) is 15.0 Å². The Balaban J connectivity index is 1.99. The van der Waals surface area contributed by atoms with Crippen molar-refractivity contribution in [3.05, 3.63) is 87.4 Å². The van der Waals surface area contributed by atoms with Crippen LogP contribution in [0.15, 0.2) is 60.2 Å². The van der Waals surface area contributed by atoms with E-state index in [0.717, 1.165) is 5.56 Å². The van der Waals surface area contributed by atoms with Crippen LogP contribution in [0.4, 0.5) is 5.69 Å². The quantitative estimate of drug-likeness (QED) is 0.181. The number of hydrogen-bond donors (Lipinski definition) is 2. The molecule has 1 aliphatic heterocycles. The highest BCUT2D eigenvalue weighted by Gasteiger charge is 2.47. The SMILES string of the molecule is CCOc1cc(C2/C(=C(\O)c3ccc(OCC)c(C(C)(C)C)c3)C(=O)C(=O)N2c2ccc(Cl)cc2C)ccc1O. The standard InChI is InChI=1S/C32H34ClNO6/c1-7-39-25-14-10-20(16-22(25)32(4,5)6)29(36)27-28(19-9-13-24(35)26(17-19)40-8-2)34(31(38)30(27)37)23-12-11-21(33)15-18(23)3/h9-17,28,35-36H,7-8H2,1-6H3/b29-27+. The van der Waals surface area contributed by atoms with Gasteiger partial charge in [-0.3, -0.25) is 14.5 Å². The van der Waals surface area contributed by atoms with Gasteiger partial charge in [0.05, 0.1) is 24.8 Å². The van der Waals surface area contributed by atoms with Gasteiger partial charge in [-0.25, -0.2) is 0 Å². The number of carbonyl (C=O) groups is 2. The lowest BCUT2D eigenvalue weighted by molar-refractivity contribution is -0.132. The summed E-state index contributed by atoms with van der Waals surface area (Å²) in [6.07, 6.45) is 0. The number of amides is 1. The molecule has 1 atom stereocenters. The van der Waals surface area contributed by atoms with Gasteiger partial charge < -0.3 is 19.7 Å². The van der Waals surface area contributed by atoms with E-state index < -0.39 is 17.7 Å². The van der Waals surface area contributed by atoms with Crippen LogP contribution in [0.5, 0.6) is 17.2 Å². The van der Waals surface area contributed by atoms with Gasteiger partial charge >= 0.3 is 0 Å². The van der Waals surface area contributed by atoms with Crippen LogP contribution in [-0.4, -0.2) is 35.1 Å². The molecule has 7 nitrogen and oxygen atoms in total. The van der Waals surface area contributed by atoms with Crippen molar-refractivity contribution in [3.8, 4) is 17.2 Å². The van der Waals surface area contributed by atoms with Crippen molar-refractivity contribution in [2.75, 3.05) is 18.1 Å². The molecule has 1 heterocycles. The number of hydrogen-bond acceptors (Lipinski definition) is 6. The van der Waals surface area contributed by atoms with Crippen LogP contribution in [0.3, 0.4) is 0 Å². The Kier molecular flexibility index (Phi) is 8.17. The second-order valence-electron chi connectivity index (χ2n) is 10.7. The third kappa shape index (κ3) is 5.39. The summed E-state index contributed by atoms with van der Waals surface area (Å²) in [5.74, 6) is -1.11. The molecule has 0 radical (unpaired) electrons. The largest absolute Gasteiger partial charge is 0.507 e. The molecule has 8 heteroatoms. The Labute approximate surface area is 239 Å². The lowest BCUT2D eigenvalue weighted by atomic mass is 9.84. The molecule has 1 aliphatic rings. The summed E-state index contributed by atoms with van der Waals surface area (Å²) in [5, 5.41) is 22.5. The van der Waals surface area contributed by atoms with Gasteiger partial charge in [-0.15, -0.1) is 0 Å². The Morgan fingerprint density at radius 2 is 1.62 bits per heavy atom. The fourth-order valence-electron chi connectivity index (χ4n) is 4.96. The zero-order chi connectivity index (χ0) is 29.4. The summed E-state index contributed by atoms with van der Waals surface area (Å²) in [6, 6.07) is 13.9. The van der Waals surface area contributed by atoms with Crippen molar-refractivity contribution in [1.29, 1.82) is 0 Å². The molecule has 0 bridgehead atoms. The number of aliphatic hydroxyl groups excluding tert-OH is 1. The first-order chi connectivity index (χ1) is 18.9. The van der Waals surface area contributed by atoms with E-state index in [1.54, 1.807) is 62.4 Å². The van der Waals surface area contributed by atoms with Crippen molar-refractivity contribution < 1.29 is 29.3 Å². The number of halogens is 1. The average molecular weight is 564 g/mol. The predicted octanol–water partition coefficient (Wildman–Crippen LogP) is 7.08. The molecule has 4 rings (SSSR count). The van der Waals surface area contributed by atoms with Gasteiger partial charge in [0.25, 0.3) is 11.7 Å².